The summed E-state index contributed by atoms with van der Waals surface area (Å²) < 4.78 is 5.73. The number of nitrogens with one attached hydrogen (secondary N) is 1. The van der Waals surface area contributed by atoms with E-state index in [2.05, 4.69) is 41.6 Å². The predicted molar refractivity (Wildman–Crippen MR) is 98.8 cm³/mol. The molecule has 2 aromatic carbocycles. The van der Waals surface area contributed by atoms with E-state index >= 15 is 0 Å². The summed E-state index contributed by atoms with van der Waals surface area (Å²) in [7, 11) is 1.62. The molecule has 7 nitrogen and oxygen atoms in total. The number of halogens is 1. The van der Waals surface area contributed by atoms with Gasteiger partial charge in [0.25, 0.3) is 5.95 Å². The first-order valence-electron chi connectivity index (χ1n) is 7.27. The van der Waals surface area contributed by atoms with Gasteiger partial charge in [0.1, 0.15) is 11.5 Å². The molecule has 0 fully saturated rings. The summed E-state index contributed by atoms with van der Waals surface area (Å²) in [5.41, 5.74) is 5.11. The predicted octanol–water partition coefficient (Wildman–Crippen LogP) is 3.46. The lowest BCUT2D eigenvalue weighted by atomic mass is 10.1. The molecule has 0 radical (unpaired) electrons. The van der Waals surface area contributed by atoms with Gasteiger partial charge in [0.15, 0.2) is 0 Å². The van der Waals surface area contributed by atoms with Crippen LogP contribution in [0.4, 0.5) is 5.95 Å². The molecule has 0 spiro atoms. The molecule has 1 heterocycles. The van der Waals surface area contributed by atoms with Gasteiger partial charge in [0.2, 0.25) is 0 Å². The first kappa shape index (κ1) is 16.8. The number of benzene rings is 2. The number of hydrazone groups is 1. The lowest BCUT2D eigenvalue weighted by Crippen LogP contribution is -2.00. The van der Waals surface area contributed by atoms with Crippen LogP contribution in [0, 0.1) is 0 Å². The van der Waals surface area contributed by atoms with Gasteiger partial charge in [-0.1, -0.05) is 0 Å². The Hall–Kier alpha value is -3.00. The van der Waals surface area contributed by atoms with Crippen molar-refractivity contribution in [1.29, 1.82) is 0 Å². The lowest BCUT2D eigenvalue weighted by Gasteiger charge is -2.04. The van der Waals surface area contributed by atoms with E-state index in [1.807, 2.05) is 24.3 Å². The average Bonchev–Trinajstić information content (AvgIpc) is 2.65. The smallest absolute Gasteiger partial charge is 0.263 e. The molecule has 25 heavy (non-hydrogen) atoms. The zero-order valence-corrected chi connectivity index (χ0v) is 14.8. The summed E-state index contributed by atoms with van der Waals surface area (Å²) >= 11 is 3.25. The molecule has 126 valence electrons. The van der Waals surface area contributed by atoms with E-state index in [1.54, 1.807) is 37.7 Å². The van der Waals surface area contributed by atoms with Crippen molar-refractivity contribution in [3.05, 3.63) is 58.7 Å². The van der Waals surface area contributed by atoms with Crippen molar-refractivity contribution in [2.75, 3.05) is 12.5 Å². The molecule has 0 aliphatic carbocycles. The Bertz CT molecular complexity index is 900. The number of phenolic OH excluding ortho intramolecular Hbond substituents is 1. The molecule has 3 rings (SSSR count). The van der Waals surface area contributed by atoms with Gasteiger partial charge in [-0.3, -0.25) is 0 Å². The van der Waals surface area contributed by atoms with E-state index in [4.69, 9.17) is 4.74 Å². The Morgan fingerprint density at radius 1 is 1.20 bits per heavy atom. The molecule has 1 aromatic heterocycles. The number of nitrogens with zero attached hydrogens (tertiary/aromatic N) is 4. The van der Waals surface area contributed by atoms with Crippen molar-refractivity contribution in [1.82, 2.24) is 15.2 Å². The quantitative estimate of drug-likeness (QED) is 0.504. The van der Waals surface area contributed by atoms with Crippen LogP contribution in [-0.2, 0) is 0 Å². The molecule has 0 unspecified atom stereocenters. The standard InChI is InChI=1S/C17H14BrN5O2/c1-25-13-5-3-12(4-6-13)15-10-20-23-17(21-15)22-19-9-11-2-7-16(24)14(18)8-11/h2-10,24H,1H3,(H,21,22,23)/b19-9-. The third kappa shape index (κ3) is 4.30. The van der Waals surface area contributed by atoms with E-state index in [1.165, 1.54) is 0 Å². The fourth-order valence-corrected chi connectivity index (χ4v) is 2.42. The summed E-state index contributed by atoms with van der Waals surface area (Å²) in [6.45, 7) is 0. The van der Waals surface area contributed by atoms with Gasteiger partial charge >= 0.3 is 0 Å². The highest BCUT2D eigenvalue weighted by molar-refractivity contribution is 9.10. The Morgan fingerprint density at radius 3 is 2.72 bits per heavy atom. The number of anilines is 1. The number of aromatic nitrogens is 3. The third-order valence-corrected chi connectivity index (χ3v) is 3.93. The van der Waals surface area contributed by atoms with Gasteiger partial charge in [-0.2, -0.15) is 10.2 Å². The first-order valence-corrected chi connectivity index (χ1v) is 8.07. The van der Waals surface area contributed by atoms with Crippen molar-refractivity contribution < 1.29 is 9.84 Å². The van der Waals surface area contributed by atoms with Crippen LogP contribution < -0.4 is 10.2 Å². The van der Waals surface area contributed by atoms with Crippen molar-refractivity contribution >= 4 is 28.1 Å². The third-order valence-electron chi connectivity index (χ3n) is 3.29. The number of aromatic hydroxyl groups is 1. The van der Waals surface area contributed by atoms with Gasteiger partial charge in [-0.05, 0) is 64.0 Å². The maximum Gasteiger partial charge on any atom is 0.263 e. The Morgan fingerprint density at radius 2 is 2.00 bits per heavy atom. The number of methoxy groups -OCH3 is 1. The summed E-state index contributed by atoms with van der Waals surface area (Å²) in [6.07, 6.45) is 3.17. The molecule has 0 atom stereocenters. The largest absolute Gasteiger partial charge is 0.507 e. The van der Waals surface area contributed by atoms with Crippen LogP contribution in [0.5, 0.6) is 11.5 Å². The van der Waals surface area contributed by atoms with Gasteiger partial charge in [0.05, 0.1) is 29.7 Å². The van der Waals surface area contributed by atoms with Crippen LogP contribution in [0.3, 0.4) is 0 Å². The summed E-state index contributed by atoms with van der Waals surface area (Å²) in [4.78, 5) is 4.37. The highest BCUT2D eigenvalue weighted by atomic mass is 79.9. The van der Waals surface area contributed by atoms with Crippen LogP contribution in [0.15, 0.2) is 58.2 Å². The number of rotatable bonds is 5. The van der Waals surface area contributed by atoms with E-state index < -0.39 is 0 Å². The maximum absolute atomic E-state index is 9.48. The van der Waals surface area contributed by atoms with E-state index in [-0.39, 0.29) is 11.7 Å². The molecule has 0 bridgehead atoms. The van der Waals surface area contributed by atoms with Crippen LogP contribution >= 0.6 is 15.9 Å². The van der Waals surface area contributed by atoms with Crippen LogP contribution in [0.2, 0.25) is 0 Å². The second-order valence-electron chi connectivity index (χ2n) is 4.97. The fourth-order valence-electron chi connectivity index (χ4n) is 2.02. The van der Waals surface area contributed by atoms with E-state index in [0.717, 1.165) is 16.9 Å². The SMILES string of the molecule is COc1ccc(-c2cnnc(N/N=C\c3ccc(O)c(Br)c3)n2)cc1. The highest BCUT2D eigenvalue weighted by Gasteiger charge is 2.03. The van der Waals surface area contributed by atoms with Gasteiger partial charge in [0, 0.05) is 5.56 Å². The fraction of sp³-hybridized carbons (Fsp3) is 0.0588. The number of phenols is 1. The normalized spacial score (nSPS) is 10.8. The molecule has 3 aromatic rings. The van der Waals surface area contributed by atoms with Crippen LogP contribution in [0.25, 0.3) is 11.3 Å². The Labute approximate surface area is 152 Å². The van der Waals surface area contributed by atoms with Crippen molar-refractivity contribution in [2.24, 2.45) is 5.10 Å². The molecule has 2 N–H and O–H groups in total. The topological polar surface area (TPSA) is 92.5 Å². The number of hydrogen-bond donors (Lipinski definition) is 2. The van der Waals surface area contributed by atoms with Crippen LogP contribution in [-0.4, -0.2) is 33.6 Å². The molecule has 0 amide bonds. The molecule has 8 heteroatoms. The summed E-state index contributed by atoms with van der Waals surface area (Å²) in [6, 6.07) is 12.5. The van der Waals surface area contributed by atoms with Crippen molar-refractivity contribution in [3.8, 4) is 22.8 Å². The number of hydrogen-bond acceptors (Lipinski definition) is 7. The minimum absolute atomic E-state index is 0.171. The monoisotopic (exact) mass is 399 g/mol. The zero-order valence-electron chi connectivity index (χ0n) is 13.2. The molecular weight excluding hydrogens is 386 g/mol. The molecule has 0 saturated heterocycles. The second-order valence-corrected chi connectivity index (χ2v) is 5.83. The highest BCUT2D eigenvalue weighted by Crippen LogP contribution is 2.23. The summed E-state index contributed by atoms with van der Waals surface area (Å²) in [5, 5.41) is 21.4. The molecule has 0 saturated carbocycles. The van der Waals surface area contributed by atoms with Crippen LogP contribution in [0.1, 0.15) is 5.56 Å². The molecule has 0 aliphatic heterocycles. The number of ether oxygens (including phenoxy) is 1. The van der Waals surface area contributed by atoms with E-state index in [0.29, 0.717) is 10.2 Å². The average molecular weight is 400 g/mol. The lowest BCUT2D eigenvalue weighted by molar-refractivity contribution is 0.415. The zero-order chi connectivity index (χ0) is 17.6. The second kappa shape index (κ2) is 7.71. The van der Waals surface area contributed by atoms with Crippen molar-refractivity contribution in [3.63, 3.8) is 0 Å². The maximum atomic E-state index is 9.48. The van der Waals surface area contributed by atoms with Gasteiger partial charge < -0.3 is 9.84 Å². The minimum Gasteiger partial charge on any atom is -0.507 e. The molecule has 0 aliphatic rings. The van der Waals surface area contributed by atoms with Crippen molar-refractivity contribution in [2.45, 2.75) is 0 Å². The minimum atomic E-state index is 0.171. The molecular formula is C17H14BrN5O2. The van der Waals surface area contributed by atoms with E-state index in [9.17, 15) is 5.11 Å². The van der Waals surface area contributed by atoms with Gasteiger partial charge in [-0.25, -0.2) is 10.4 Å². The van der Waals surface area contributed by atoms with Gasteiger partial charge in [-0.15, -0.1) is 5.10 Å². The summed E-state index contributed by atoms with van der Waals surface area (Å²) in [5.74, 6) is 1.22. The first-order chi connectivity index (χ1) is 12.2. The Kier molecular flexibility index (Phi) is 5.20. The Balaban J connectivity index is 1.72.